The molecule has 1 rings (SSSR count). The van der Waals surface area contributed by atoms with Crippen LogP contribution in [0.2, 0.25) is 0 Å². The minimum Gasteiger partial charge on any atom is -0.478 e. The van der Waals surface area contributed by atoms with Gasteiger partial charge in [-0.05, 0) is 6.07 Å². The van der Waals surface area contributed by atoms with Crippen molar-refractivity contribution in [2.45, 2.75) is 0 Å². The van der Waals surface area contributed by atoms with Crippen molar-refractivity contribution in [2.24, 2.45) is 5.73 Å². The fourth-order valence-corrected chi connectivity index (χ4v) is 1.41. The highest BCUT2D eigenvalue weighted by Gasteiger charge is 2.15. The van der Waals surface area contributed by atoms with E-state index in [1.807, 2.05) is 0 Å². The van der Waals surface area contributed by atoms with E-state index in [9.17, 15) is 19.7 Å². The average Bonchev–Trinajstić information content (AvgIpc) is 2.37. The van der Waals surface area contributed by atoms with Crippen LogP contribution >= 0.6 is 0 Å². The van der Waals surface area contributed by atoms with Crippen LogP contribution in [0, 0.1) is 10.1 Å². The Morgan fingerprint density at radius 1 is 1.45 bits per heavy atom. The van der Waals surface area contributed by atoms with E-state index in [-0.39, 0.29) is 36.7 Å². The first-order valence-corrected chi connectivity index (χ1v) is 5.53. The second kappa shape index (κ2) is 7.04. The zero-order valence-electron chi connectivity index (χ0n) is 10.4. The van der Waals surface area contributed by atoms with Gasteiger partial charge in [0, 0.05) is 24.4 Å². The fourth-order valence-electron chi connectivity index (χ4n) is 1.41. The number of nitrogens with zero attached hydrogens (tertiary/aromatic N) is 1. The topological polar surface area (TPSA) is 145 Å². The molecule has 0 saturated carbocycles. The molecule has 20 heavy (non-hydrogen) atoms. The van der Waals surface area contributed by atoms with E-state index in [1.165, 1.54) is 12.1 Å². The molecule has 0 radical (unpaired) electrons. The van der Waals surface area contributed by atoms with Crippen LogP contribution in [-0.4, -0.2) is 41.7 Å². The molecule has 1 aromatic rings. The van der Waals surface area contributed by atoms with Crippen molar-refractivity contribution in [2.75, 3.05) is 25.1 Å². The first kappa shape index (κ1) is 15.4. The molecule has 108 valence electrons. The molecule has 0 aliphatic carbocycles. The lowest BCUT2D eigenvalue weighted by atomic mass is 10.1. The quantitative estimate of drug-likeness (QED) is 0.351. The van der Waals surface area contributed by atoms with Crippen LogP contribution in [0.15, 0.2) is 18.2 Å². The summed E-state index contributed by atoms with van der Waals surface area (Å²) >= 11 is 0. The van der Waals surface area contributed by atoms with Crippen LogP contribution in [0.5, 0.6) is 0 Å². The number of non-ortho nitro benzene ring substituents is 1. The lowest BCUT2D eigenvalue weighted by Crippen LogP contribution is -2.21. The second-order valence-electron chi connectivity index (χ2n) is 3.74. The molecule has 0 saturated heterocycles. The predicted octanol–water partition coefficient (Wildman–Crippen LogP) is 0.207. The molecule has 1 aromatic carbocycles. The number of nitro benzene ring substituents is 1. The van der Waals surface area contributed by atoms with Crippen LogP contribution in [0.4, 0.5) is 11.4 Å². The number of benzene rings is 1. The van der Waals surface area contributed by atoms with Gasteiger partial charge in [-0.3, -0.25) is 14.9 Å². The smallest absolute Gasteiger partial charge is 0.338 e. The Balaban J connectivity index is 2.67. The highest BCUT2D eigenvalue weighted by atomic mass is 16.6. The summed E-state index contributed by atoms with van der Waals surface area (Å²) < 4.78 is 4.89. The first-order valence-electron chi connectivity index (χ1n) is 5.53. The number of carboxylic acids is 1. The maximum Gasteiger partial charge on any atom is 0.338 e. The molecule has 0 aliphatic heterocycles. The van der Waals surface area contributed by atoms with Crippen LogP contribution in [0.3, 0.4) is 0 Å². The van der Waals surface area contributed by atoms with E-state index < -0.39 is 16.8 Å². The number of nitro groups is 1. The van der Waals surface area contributed by atoms with Crippen molar-refractivity contribution in [1.29, 1.82) is 0 Å². The molecular weight excluding hydrogens is 270 g/mol. The molecule has 0 unspecified atom stereocenters. The van der Waals surface area contributed by atoms with Crippen LogP contribution in [0.1, 0.15) is 10.4 Å². The summed E-state index contributed by atoms with van der Waals surface area (Å²) in [6.45, 7) is 0.137. The fraction of sp³-hybridized carbons (Fsp3) is 0.273. The van der Waals surface area contributed by atoms with E-state index in [2.05, 4.69) is 5.32 Å². The monoisotopic (exact) mass is 283 g/mol. The third-order valence-electron chi connectivity index (χ3n) is 2.25. The van der Waals surface area contributed by atoms with Gasteiger partial charge in [-0.2, -0.15) is 0 Å². The lowest BCUT2D eigenvalue weighted by molar-refractivity contribution is -0.384. The summed E-state index contributed by atoms with van der Waals surface area (Å²) in [7, 11) is 0. The number of nitrogens with two attached hydrogens (primary N) is 1. The number of amides is 1. The summed E-state index contributed by atoms with van der Waals surface area (Å²) in [5, 5.41) is 22.3. The summed E-state index contributed by atoms with van der Waals surface area (Å²) in [6.07, 6.45) is 0. The second-order valence-corrected chi connectivity index (χ2v) is 3.74. The molecule has 0 aromatic heterocycles. The Hall–Kier alpha value is -2.68. The summed E-state index contributed by atoms with van der Waals surface area (Å²) in [6, 6.07) is 3.46. The van der Waals surface area contributed by atoms with Gasteiger partial charge in [0.1, 0.15) is 6.61 Å². The van der Waals surface area contributed by atoms with Crippen molar-refractivity contribution in [3.8, 4) is 0 Å². The van der Waals surface area contributed by atoms with Gasteiger partial charge in [0.05, 0.1) is 17.1 Å². The third kappa shape index (κ3) is 4.53. The first-order chi connectivity index (χ1) is 9.41. The van der Waals surface area contributed by atoms with Crippen molar-refractivity contribution in [1.82, 2.24) is 0 Å². The Kier molecular flexibility index (Phi) is 5.42. The molecule has 0 heterocycles. The molecule has 1 amide bonds. The molecule has 9 nitrogen and oxygen atoms in total. The predicted molar refractivity (Wildman–Crippen MR) is 68.6 cm³/mol. The van der Waals surface area contributed by atoms with Crippen molar-refractivity contribution < 1.29 is 24.4 Å². The number of carbonyl (C=O) groups is 2. The van der Waals surface area contributed by atoms with E-state index in [4.69, 9.17) is 15.6 Å². The summed E-state index contributed by atoms with van der Waals surface area (Å²) in [4.78, 5) is 31.3. The number of rotatable bonds is 8. The van der Waals surface area contributed by atoms with Crippen molar-refractivity contribution in [3.63, 3.8) is 0 Å². The van der Waals surface area contributed by atoms with Crippen LogP contribution in [-0.2, 0) is 9.53 Å². The number of hydrogen-bond donors (Lipinski definition) is 3. The molecule has 4 N–H and O–H groups in total. The lowest BCUT2D eigenvalue weighted by Gasteiger charge is -2.09. The maximum atomic E-state index is 11.0. The average molecular weight is 283 g/mol. The highest BCUT2D eigenvalue weighted by molar-refractivity contribution is 5.95. The van der Waals surface area contributed by atoms with Gasteiger partial charge < -0.3 is 20.9 Å². The van der Waals surface area contributed by atoms with Crippen LogP contribution < -0.4 is 11.1 Å². The number of aromatic carboxylic acids is 1. The SMILES string of the molecule is NC(=O)COCCNc1ccc([N+](=O)[O-])cc1C(=O)O. The molecule has 0 atom stereocenters. The third-order valence-corrected chi connectivity index (χ3v) is 2.25. The minimum atomic E-state index is -1.28. The van der Waals surface area contributed by atoms with Gasteiger partial charge >= 0.3 is 5.97 Å². The van der Waals surface area contributed by atoms with Gasteiger partial charge in [0.15, 0.2) is 0 Å². The van der Waals surface area contributed by atoms with Gasteiger partial charge in [0.2, 0.25) is 5.91 Å². The van der Waals surface area contributed by atoms with E-state index in [1.54, 1.807) is 0 Å². The molecular formula is C11H13N3O6. The zero-order valence-corrected chi connectivity index (χ0v) is 10.4. The zero-order chi connectivity index (χ0) is 15.1. The molecule has 0 spiro atoms. The summed E-state index contributed by atoms with van der Waals surface area (Å²) in [5.74, 6) is -1.89. The number of carbonyl (C=O) groups excluding carboxylic acids is 1. The van der Waals surface area contributed by atoms with Crippen molar-refractivity contribution in [3.05, 3.63) is 33.9 Å². The van der Waals surface area contributed by atoms with Crippen LogP contribution in [0.25, 0.3) is 0 Å². The van der Waals surface area contributed by atoms with Gasteiger partial charge in [-0.1, -0.05) is 0 Å². The Morgan fingerprint density at radius 2 is 2.15 bits per heavy atom. The van der Waals surface area contributed by atoms with Gasteiger partial charge in [-0.15, -0.1) is 0 Å². The molecule has 0 fully saturated rings. The van der Waals surface area contributed by atoms with E-state index in [0.717, 1.165) is 6.07 Å². The van der Waals surface area contributed by atoms with E-state index in [0.29, 0.717) is 0 Å². The Morgan fingerprint density at radius 3 is 2.70 bits per heavy atom. The van der Waals surface area contributed by atoms with Gasteiger partial charge in [0.25, 0.3) is 5.69 Å². The number of anilines is 1. The van der Waals surface area contributed by atoms with E-state index >= 15 is 0 Å². The maximum absolute atomic E-state index is 11.0. The number of primary amides is 1. The number of nitrogens with one attached hydrogen (secondary N) is 1. The standard InChI is InChI=1S/C11H13N3O6/c12-10(15)6-20-4-3-13-9-2-1-7(14(18)19)5-8(9)11(16)17/h1-2,5,13H,3-4,6H2,(H2,12,15)(H,16,17). The normalized spacial score (nSPS) is 10.0. The number of hydrogen-bond acceptors (Lipinski definition) is 6. The Labute approximate surface area is 113 Å². The molecule has 0 aliphatic rings. The van der Waals surface area contributed by atoms with Gasteiger partial charge in [-0.25, -0.2) is 4.79 Å². The molecule has 9 heteroatoms. The molecule has 0 bridgehead atoms. The number of carboxylic acid groups (broad SMARTS) is 1. The largest absolute Gasteiger partial charge is 0.478 e. The number of ether oxygens (including phenoxy) is 1. The highest BCUT2D eigenvalue weighted by Crippen LogP contribution is 2.21. The minimum absolute atomic E-state index is 0.138. The Bertz CT molecular complexity index is 531. The summed E-state index contributed by atoms with van der Waals surface area (Å²) in [5.41, 5.74) is 4.58. The van der Waals surface area contributed by atoms with Crippen molar-refractivity contribution >= 4 is 23.3 Å².